The molecule has 5 nitrogen and oxygen atoms in total. The summed E-state index contributed by atoms with van der Waals surface area (Å²) in [5, 5.41) is 13.5. The first-order valence-electron chi connectivity index (χ1n) is 2.60. The van der Waals surface area contributed by atoms with Crippen LogP contribution in [0.1, 0.15) is 0 Å². The maximum Gasteiger partial charge on any atom is 0.252 e. The molecule has 1 aromatic rings. The lowest BCUT2D eigenvalue weighted by molar-refractivity contribution is -0.401. The summed E-state index contributed by atoms with van der Waals surface area (Å²) in [6.07, 6.45) is 5.25. The number of aromatic nitrogens is 2. The predicted octanol–water partition coefficient (Wildman–Crippen LogP) is 0.588. The molecule has 0 spiro atoms. The molecule has 0 amide bonds. The van der Waals surface area contributed by atoms with E-state index in [0.717, 1.165) is 6.20 Å². The van der Waals surface area contributed by atoms with Gasteiger partial charge in [0.1, 0.15) is 0 Å². The van der Waals surface area contributed by atoms with Crippen molar-refractivity contribution in [3.05, 3.63) is 34.8 Å². The van der Waals surface area contributed by atoms with Crippen LogP contribution in [0.15, 0.2) is 24.7 Å². The largest absolute Gasteiger partial charge is 0.259 e. The molecule has 0 fully saturated rings. The molecule has 0 aliphatic heterocycles. The molecule has 0 N–H and O–H groups in total. The third kappa shape index (κ3) is 1.70. The Kier molecular flexibility index (Phi) is 1.79. The molecule has 0 unspecified atom stereocenters. The van der Waals surface area contributed by atoms with E-state index in [0.29, 0.717) is 0 Å². The molecule has 0 aliphatic rings. The van der Waals surface area contributed by atoms with Crippen molar-refractivity contribution in [2.45, 2.75) is 0 Å². The minimum atomic E-state index is -0.540. The van der Waals surface area contributed by atoms with Crippen LogP contribution in [0.2, 0.25) is 0 Å². The van der Waals surface area contributed by atoms with Gasteiger partial charge in [-0.15, -0.1) is 0 Å². The van der Waals surface area contributed by atoms with Gasteiger partial charge in [0, 0.05) is 12.4 Å². The highest BCUT2D eigenvalue weighted by Gasteiger charge is 1.85. The monoisotopic (exact) mass is 139 g/mol. The van der Waals surface area contributed by atoms with Gasteiger partial charge in [-0.25, -0.2) is 4.68 Å². The van der Waals surface area contributed by atoms with Gasteiger partial charge >= 0.3 is 0 Å². The number of nitro groups is 1. The lowest BCUT2D eigenvalue weighted by Gasteiger charge is -1.83. The molecule has 1 rings (SSSR count). The van der Waals surface area contributed by atoms with Crippen LogP contribution in [0, 0.1) is 10.1 Å². The zero-order chi connectivity index (χ0) is 7.40. The molecule has 1 heterocycles. The molecule has 0 saturated heterocycles. The molecule has 0 aliphatic carbocycles. The van der Waals surface area contributed by atoms with Crippen molar-refractivity contribution in [3.63, 3.8) is 0 Å². The van der Waals surface area contributed by atoms with Crippen molar-refractivity contribution >= 4 is 6.20 Å². The third-order valence-corrected chi connectivity index (χ3v) is 0.866. The molecular weight excluding hydrogens is 134 g/mol. The fourth-order valence-corrected chi connectivity index (χ4v) is 0.492. The third-order valence-electron chi connectivity index (χ3n) is 0.866. The second-order valence-electron chi connectivity index (χ2n) is 1.57. The Bertz CT molecular complexity index is 239. The van der Waals surface area contributed by atoms with Crippen LogP contribution in [0.4, 0.5) is 0 Å². The summed E-state index contributed by atoms with van der Waals surface area (Å²) in [7, 11) is 0. The van der Waals surface area contributed by atoms with E-state index in [-0.39, 0.29) is 0 Å². The Balaban J connectivity index is 2.64. The van der Waals surface area contributed by atoms with Crippen molar-refractivity contribution in [1.29, 1.82) is 0 Å². The quantitative estimate of drug-likeness (QED) is 0.445. The van der Waals surface area contributed by atoms with Crippen molar-refractivity contribution in [3.8, 4) is 0 Å². The minimum absolute atomic E-state index is 0.540. The Morgan fingerprint density at radius 1 is 1.70 bits per heavy atom. The Hall–Kier alpha value is -1.65. The van der Waals surface area contributed by atoms with Crippen molar-refractivity contribution in [2.75, 3.05) is 0 Å². The Labute approximate surface area is 56.7 Å². The fraction of sp³-hybridized carbons (Fsp3) is 0. The summed E-state index contributed by atoms with van der Waals surface area (Å²) >= 11 is 0. The molecular formula is C5H5N3O2. The second kappa shape index (κ2) is 2.77. The van der Waals surface area contributed by atoms with E-state index in [1.165, 1.54) is 10.9 Å². The molecule has 1 aromatic heterocycles. The SMILES string of the molecule is O=[N+]([O-])C=Cn1cccn1. The molecule has 10 heavy (non-hydrogen) atoms. The normalized spacial score (nSPS) is 10.4. The van der Waals surface area contributed by atoms with Crippen molar-refractivity contribution in [2.24, 2.45) is 0 Å². The van der Waals surface area contributed by atoms with Crippen molar-refractivity contribution in [1.82, 2.24) is 9.78 Å². The first-order chi connectivity index (χ1) is 4.79. The van der Waals surface area contributed by atoms with Gasteiger partial charge in [0.05, 0.1) is 11.1 Å². The van der Waals surface area contributed by atoms with Gasteiger partial charge in [-0.05, 0) is 6.07 Å². The van der Waals surface area contributed by atoms with E-state index in [4.69, 9.17) is 0 Å². The van der Waals surface area contributed by atoms with Gasteiger partial charge in [0.2, 0.25) is 0 Å². The topological polar surface area (TPSA) is 61.0 Å². The zero-order valence-corrected chi connectivity index (χ0v) is 5.04. The van der Waals surface area contributed by atoms with Crippen LogP contribution >= 0.6 is 0 Å². The Morgan fingerprint density at radius 3 is 3.00 bits per heavy atom. The van der Waals surface area contributed by atoms with Gasteiger partial charge in [-0.2, -0.15) is 5.10 Å². The molecule has 0 atom stereocenters. The van der Waals surface area contributed by atoms with E-state index in [9.17, 15) is 10.1 Å². The summed E-state index contributed by atoms with van der Waals surface area (Å²) in [6, 6.07) is 1.68. The predicted molar refractivity (Wildman–Crippen MR) is 34.6 cm³/mol. The molecule has 52 valence electrons. The first-order valence-corrected chi connectivity index (χ1v) is 2.60. The lowest BCUT2D eigenvalue weighted by atomic mass is 10.7. The summed E-state index contributed by atoms with van der Waals surface area (Å²) in [5.41, 5.74) is 0. The highest BCUT2D eigenvalue weighted by atomic mass is 16.6. The number of rotatable bonds is 2. The summed E-state index contributed by atoms with van der Waals surface area (Å²) in [5.74, 6) is 0. The maximum absolute atomic E-state index is 9.77. The van der Waals surface area contributed by atoms with E-state index in [2.05, 4.69) is 5.10 Å². The standard InChI is InChI=1S/C5H5N3O2/c9-8(10)5-4-7-3-1-2-6-7/h1-5H. The van der Waals surface area contributed by atoms with Gasteiger partial charge in [0.25, 0.3) is 6.20 Å². The fourth-order valence-electron chi connectivity index (χ4n) is 0.492. The lowest BCUT2D eigenvalue weighted by Crippen LogP contribution is -1.88. The molecule has 0 bridgehead atoms. The molecule has 5 heteroatoms. The number of nitrogens with zero attached hydrogens (tertiary/aromatic N) is 3. The van der Waals surface area contributed by atoms with Crippen LogP contribution < -0.4 is 0 Å². The van der Waals surface area contributed by atoms with Crippen LogP contribution in [-0.2, 0) is 0 Å². The number of hydrogen-bond donors (Lipinski definition) is 0. The number of hydrogen-bond acceptors (Lipinski definition) is 3. The highest BCUT2D eigenvalue weighted by molar-refractivity contribution is 5.15. The van der Waals surface area contributed by atoms with Gasteiger partial charge in [-0.1, -0.05) is 0 Å². The minimum Gasteiger partial charge on any atom is -0.259 e. The highest BCUT2D eigenvalue weighted by Crippen LogP contribution is 1.84. The first kappa shape index (κ1) is 6.47. The van der Waals surface area contributed by atoms with Gasteiger partial charge in [0.15, 0.2) is 0 Å². The van der Waals surface area contributed by atoms with Crippen molar-refractivity contribution < 1.29 is 4.92 Å². The van der Waals surface area contributed by atoms with Crippen LogP contribution in [0.25, 0.3) is 6.20 Å². The van der Waals surface area contributed by atoms with Gasteiger partial charge in [-0.3, -0.25) is 10.1 Å². The molecule has 0 aromatic carbocycles. The van der Waals surface area contributed by atoms with E-state index in [1.54, 1.807) is 18.5 Å². The van der Waals surface area contributed by atoms with E-state index >= 15 is 0 Å². The van der Waals surface area contributed by atoms with Crippen LogP contribution in [-0.4, -0.2) is 14.7 Å². The van der Waals surface area contributed by atoms with E-state index < -0.39 is 4.92 Å². The summed E-state index contributed by atoms with van der Waals surface area (Å²) in [6.45, 7) is 0. The summed E-state index contributed by atoms with van der Waals surface area (Å²) in [4.78, 5) is 9.23. The smallest absolute Gasteiger partial charge is 0.252 e. The summed E-state index contributed by atoms with van der Waals surface area (Å²) < 4.78 is 1.35. The average Bonchev–Trinajstić information content (AvgIpc) is 2.34. The maximum atomic E-state index is 9.77. The van der Waals surface area contributed by atoms with E-state index in [1.807, 2.05) is 0 Å². The van der Waals surface area contributed by atoms with Crippen LogP contribution in [0.5, 0.6) is 0 Å². The Morgan fingerprint density at radius 2 is 2.50 bits per heavy atom. The molecule has 0 radical (unpaired) electrons. The average molecular weight is 139 g/mol. The van der Waals surface area contributed by atoms with Gasteiger partial charge < -0.3 is 0 Å². The molecule has 0 saturated carbocycles. The van der Waals surface area contributed by atoms with Crippen LogP contribution in [0.3, 0.4) is 0 Å². The zero-order valence-electron chi connectivity index (χ0n) is 5.04. The second-order valence-corrected chi connectivity index (χ2v) is 1.57.